The van der Waals surface area contributed by atoms with Crippen molar-refractivity contribution in [1.29, 1.82) is 0 Å². The van der Waals surface area contributed by atoms with Gasteiger partial charge in [-0.3, -0.25) is 10.1 Å². The second kappa shape index (κ2) is 10.9. The molecule has 32 heavy (non-hydrogen) atoms. The van der Waals surface area contributed by atoms with Crippen LogP contribution in [0.1, 0.15) is 104 Å². The quantitative estimate of drug-likeness (QED) is 0.245. The van der Waals surface area contributed by atoms with E-state index in [1.54, 1.807) is 11.1 Å². The molecule has 8 atom stereocenters. The highest BCUT2D eigenvalue weighted by atomic mass is 16.6. The van der Waals surface area contributed by atoms with E-state index in [4.69, 9.17) is 0 Å². The van der Waals surface area contributed by atoms with Crippen LogP contribution < -0.4 is 0 Å². The summed E-state index contributed by atoms with van der Waals surface area (Å²) < 4.78 is 0. The first-order valence-corrected chi connectivity index (χ1v) is 14.0. The number of fused-ring (bicyclic) bond motifs is 3. The third kappa shape index (κ3) is 5.50. The average Bonchev–Trinajstić information content (AvgIpc) is 3.32. The van der Waals surface area contributed by atoms with E-state index in [1.807, 2.05) is 0 Å². The Morgan fingerprint density at radius 1 is 0.938 bits per heavy atom. The van der Waals surface area contributed by atoms with Crippen LogP contribution in [0.15, 0.2) is 23.3 Å². The van der Waals surface area contributed by atoms with Crippen molar-refractivity contribution in [2.24, 2.45) is 47.3 Å². The Morgan fingerprint density at radius 3 is 1.88 bits per heavy atom. The Kier molecular flexibility index (Phi) is 8.16. The number of nitrogens with zero attached hydrogens (tertiary/aromatic N) is 1. The van der Waals surface area contributed by atoms with E-state index < -0.39 is 0 Å². The highest BCUT2D eigenvalue weighted by Crippen LogP contribution is 2.52. The molecule has 0 heterocycles. The van der Waals surface area contributed by atoms with E-state index in [0.717, 1.165) is 41.9 Å². The summed E-state index contributed by atoms with van der Waals surface area (Å²) >= 11 is 0. The van der Waals surface area contributed by atoms with Crippen LogP contribution in [0.2, 0.25) is 0 Å². The van der Waals surface area contributed by atoms with Gasteiger partial charge in [-0.15, -0.1) is 0 Å². The lowest BCUT2D eigenvalue weighted by Crippen LogP contribution is -2.20. The molecule has 0 bridgehead atoms. The third-order valence-corrected chi connectivity index (χ3v) is 10.3. The molecule has 3 heteroatoms. The first-order valence-electron chi connectivity index (χ1n) is 14.0. The lowest BCUT2D eigenvalue weighted by Gasteiger charge is -2.29. The van der Waals surface area contributed by atoms with Crippen LogP contribution in [0.4, 0.5) is 0 Å². The highest BCUT2D eigenvalue weighted by molar-refractivity contribution is 5.16. The van der Waals surface area contributed by atoms with Crippen molar-refractivity contribution >= 4 is 0 Å². The lowest BCUT2D eigenvalue weighted by atomic mass is 9.76. The molecule has 0 N–H and O–H groups in total. The molecule has 0 saturated heterocycles. The Labute approximate surface area is 196 Å². The van der Waals surface area contributed by atoms with Gasteiger partial charge in [0.2, 0.25) is 6.54 Å². The SMILES string of the molecule is CC=C1C[C@H]2CC[C@H]2C1.CCC(C[N+](=O)[O-])C1C[C@H]2CC[C@H]2C1.CCC1=C[C@H]2CC[C@H]2C1. The Balaban J connectivity index is 0.000000119. The van der Waals surface area contributed by atoms with Crippen molar-refractivity contribution in [2.75, 3.05) is 6.54 Å². The molecular weight excluding hydrogens is 394 g/mol. The van der Waals surface area contributed by atoms with Crippen LogP contribution in [0.25, 0.3) is 0 Å². The van der Waals surface area contributed by atoms with E-state index in [0.29, 0.717) is 11.8 Å². The maximum absolute atomic E-state index is 10.5. The van der Waals surface area contributed by atoms with Crippen molar-refractivity contribution in [1.82, 2.24) is 0 Å². The smallest absolute Gasteiger partial charge is 0.206 e. The molecule has 0 aliphatic heterocycles. The van der Waals surface area contributed by atoms with Crippen LogP contribution >= 0.6 is 0 Å². The average molecular weight is 442 g/mol. The van der Waals surface area contributed by atoms with Crippen LogP contribution in [-0.4, -0.2) is 11.5 Å². The molecule has 2 unspecified atom stereocenters. The molecule has 3 nitrogen and oxygen atoms in total. The molecule has 180 valence electrons. The number of hydrogen-bond acceptors (Lipinski definition) is 2. The number of hydrogen-bond donors (Lipinski definition) is 0. The summed E-state index contributed by atoms with van der Waals surface area (Å²) in [6.45, 7) is 6.74. The zero-order valence-corrected chi connectivity index (χ0v) is 20.9. The van der Waals surface area contributed by atoms with Gasteiger partial charge < -0.3 is 0 Å². The fourth-order valence-electron chi connectivity index (χ4n) is 7.53. The van der Waals surface area contributed by atoms with Crippen molar-refractivity contribution in [3.8, 4) is 0 Å². The van der Waals surface area contributed by atoms with Crippen molar-refractivity contribution in [2.45, 2.75) is 104 Å². The summed E-state index contributed by atoms with van der Waals surface area (Å²) in [5.41, 5.74) is 3.45. The third-order valence-electron chi connectivity index (χ3n) is 10.3. The highest BCUT2D eigenvalue weighted by Gasteiger charge is 2.43. The van der Waals surface area contributed by atoms with E-state index in [9.17, 15) is 10.1 Å². The summed E-state index contributed by atoms with van der Waals surface area (Å²) in [4.78, 5) is 10.4. The lowest BCUT2D eigenvalue weighted by molar-refractivity contribution is -0.490. The first kappa shape index (κ1) is 24.0. The predicted octanol–water partition coefficient (Wildman–Crippen LogP) is 8.23. The number of rotatable bonds is 5. The van der Waals surface area contributed by atoms with Gasteiger partial charge in [-0.25, -0.2) is 0 Å². The molecule has 0 aromatic carbocycles. The molecule has 6 rings (SSSR count). The minimum atomic E-state index is -0.131. The largest absolute Gasteiger partial charge is 0.265 e. The summed E-state index contributed by atoms with van der Waals surface area (Å²) in [5.74, 6) is 7.17. The molecule has 6 aliphatic rings. The zero-order valence-electron chi connectivity index (χ0n) is 20.9. The summed E-state index contributed by atoms with van der Waals surface area (Å²) in [6, 6.07) is 0. The number of allylic oxidation sites excluding steroid dienone is 4. The van der Waals surface area contributed by atoms with Crippen molar-refractivity contribution in [3.63, 3.8) is 0 Å². The molecule has 0 aromatic heterocycles. The maximum Gasteiger partial charge on any atom is 0.206 e. The van der Waals surface area contributed by atoms with Gasteiger partial charge in [-0.1, -0.05) is 37.1 Å². The summed E-state index contributed by atoms with van der Waals surface area (Å²) in [6.07, 6.45) is 22.7. The fourth-order valence-corrected chi connectivity index (χ4v) is 7.53. The second-order valence-corrected chi connectivity index (χ2v) is 11.8. The zero-order chi connectivity index (χ0) is 22.7. The molecule has 0 amide bonds. The molecule has 0 spiro atoms. The van der Waals surface area contributed by atoms with Crippen molar-refractivity contribution in [3.05, 3.63) is 33.4 Å². The van der Waals surface area contributed by atoms with Gasteiger partial charge in [-0.2, -0.15) is 0 Å². The van der Waals surface area contributed by atoms with Crippen LogP contribution in [0.3, 0.4) is 0 Å². The van der Waals surface area contributed by atoms with Gasteiger partial charge in [0, 0.05) is 10.8 Å². The van der Waals surface area contributed by atoms with Crippen LogP contribution in [0.5, 0.6) is 0 Å². The summed E-state index contributed by atoms with van der Waals surface area (Å²) in [5, 5.41) is 10.5. The Morgan fingerprint density at radius 2 is 1.53 bits per heavy atom. The minimum absolute atomic E-state index is 0.131. The van der Waals surface area contributed by atoms with Gasteiger partial charge in [0.05, 0.1) is 0 Å². The van der Waals surface area contributed by atoms with Crippen LogP contribution in [0, 0.1) is 57.5 Å². The Hall–Kier alpha value is -1.12. The predicted molar refractivity (Wildman–Crippen MR) is 133 cm³/mol. The van der Waals surface area contributed by atoms with Crippen molar-refractivity contribution < 1.29 is 4.92 Å². The van der Waals surface area contributed by atoms with Crippen LogP contribution in [-0.2, 0) is 0 Å². The molecule has 5 saturated carbocycles. The molecule has 0 aromatic rings. The van der Waals surface area contributed by atoms with Gasteiger partial charge >= 0.3 is 0 Å². The molecule has 6 aliphatic carbocycles. The van der Waals surface area contributed by atoms with Gasteiger partial charge in [0.15, 0.2) is 0 Å². The topological polar surface area (TPSA) is 43.1 Å². The standard InChI is InChI=1S/C11H19NO2.2C9H14/c1-2-8(7-12(13)14)11-5-9-3-4-10(9)6-11;2*1-2-7-5-8-3-4-9(8)6-7/h8-11H,2-7H2,1H3;5,8-9H,2-4,6H2,1H3;2,8-9H,3-6H2,1H3/t8?,9-,10+,11?;2*8-,9+/m.1./s1. The first-order chi connectivity index (χ1) is 15.5. The monoisotopic (exact) mass is 441 g/mol. The molecule has 5 fully saturated rings. The van der Waals surface area contributed by atoms with E-state index >= 15 is 0 Å². The number of nitro groups is 1. The molecule has 0 radical (unpaired) electrons. The summed E-state index contributed by atoms with van der Waals surface area (Å²) in [7, 11) is 0. The van der Waals surface area contributed by atoms with Gasteiger partial charge in [0.1, 0.15) is 0 Å². The van der Waals surface area contributed by atoms with Gasteiger partial charge in [-0.05, 0) is 132 Å². The normalized spacial score (nSPS) is 40.0. The van der Waals surface area contributed by atoms with E-state index in [-0.39, 0.29) is 11.5 Å². The van der Waals surface area contributed by atoms with Gasteiger partial charge in [0.25, 0.3) is 0 Å². The molecular formula is C29H47NO2. The minimum Gasteiger partial charge on any atom is -0.265 e. The Bertz CT molecular complexity index is 684. The van der Waals surface area contributed by atoms with E-state index in [1.165, 1.54) is 77.0 Å². The maximum atomic E-state index is 10.5. The second-order valence-electron chi connectivity index (χ2n) is 11.8. The fraction of sp³-hybridized carbons (Fsp3) is 0.862. The van der Waals surface area contributed by atoms with E-state index in [2.05, 4.69) is 32.9 Å².